The summed E-state index contributed by atoms with van der Waals surface area (Å²) in [6, 6.07) is 9.49. The van der Waals surface area contributed by atoms with Gasteiger partial charge in [0.25, 0.3) is 0 Å². The van der Waals surface area contributed by atoms with Crippen LogP contribution in [0.4, 0.5) is 5.69 Å². The van der Waals surface area contributed by atoms with Crippen molar-refractivity contribution in [2.45, 2.75) is 18.6 Å². The van der Waals surface area contributed by atoms with Gasteiger partial charge in [0.2, 0.25) is 5.91 Å². The molecule has 2 bridgehead atoms. The molecule has 3 aliphatic heterocycles. The van der Waals surface area contributed by atoms with Crippen molar-refractivity contribution < 1.29 is 19.1 Å². The minimum Gasteiger partial charge on any atom is -0.466 e. The topological polar surface area (TPSA) is 55.8 Å². The number of anilines is 1. The maximum Gasteiger partial charge on any atom is 0.312 e. The van der Waals surface area contributed by atoms with Crippen LogP contribution in [0.2, 0.25) is 0 Å². The summed E-state index contributed by atoms with van der Waals surface area (Å²) in [6.07, 6.45) is 3.49. The summed E-state index contributed by atoms with van der Waals surface area (Å²) < 4.78 is 11.2. The number of carbonyl (C=O) groups excluding carboxylic acids is 2. The molecule has 0 saturated carbocycles. The van der Waals surface area contributed by atoms with Crippen molar-refractivity contribution >= 4 is 17.6 Å². The van der Waals surface area contributed by atoms with Crippen molar-refractivity contribution in [3.63, 3.8) is 0 Å². The molecule has 1 aromatic rings. The predicted octanol–water partition coefficient (Wildman–Crippen LogP) is 1.54. The fourth-order valence-corrected chi connectivity index (χ4v) is 3.83. The van der Waals surface area contributed by atoms with Crippen molar-refractivity contribution in [3.05, 3.63) is 42.5 Å². The quantitative estimate of drug-likeness (QED) is 0.627. The predicted molar refractivity (Wildman–Crippen MR) is 79.2 cm³/mol. The number of rotatable bonds is 3. The van der Waals surface area contributed by atoms with Gasteiger partial charge in [0.05, 0.1) is 25.2 Å². The SMILES string of the molecule is CCOC(=O)[C@H]1[C@@H]2C=C[C@@]3(CN(c4ccccc4)C(=O)[C@H]13)O2. The van der Waals surface area contributed by atoms with E-state index in [1.54, 1.807) is 11.8 Å². The lowest BCUT2D eigenvalue weighted by Crippen LogP contribution is -2.40. The number of benzene rings is 1. The van der Waals surface area contributed by atoms with E-state index in [1.807, 2.05) is 42.5 Å². The normalized spacial score (nSPS) is 35.0. The van der Waals surface area contributed by atoms with E-state index in [4.69, 9.17) is 9.47 Å². The van der Waals surface area contributed by atoms with Crippen LogP contribution < -0.4 is 4.90 Å². The van der Waals surface area contributed by atoms with Crippen molar-refractivity contribution in [1.82, 2.24) is 0 Å². The largest absolute Gasteiger partial charge is 0.466 e. The molecule has 4 atom stereocenters. The van der Waals surface area contributed by atoms with Crippen LogP contribution >= 0.6 is 0 Å². The van der Waals surface area contributed by atoms with Crippen LogP contribution in [-0.2, 0) is 19.1 Å². The van der Waals surface area contributed by atoms with Crippen molar-refractivity contribution in [3.8, 4) is 0 Å². The van der Waals surface area contributed by atoms with E-state index in [0.29, 0.717) is 13.2 Å². The summed E-state index contributed by atoms with van der Waals surface area (Å²) in [7, 11) is 0. The van der Waals surface area contributed by atoms with Gasteiger partial charge in [-0.05, 0) is 19.1 Å². The molecule has 0 aliphatic carbocycles. The molecule has 1 aromatic carbocycles. The van der Waals surface area contributed by atoms with E-state index < -0.39 is 17.4 Å². The summed E-state index contributed by atoms with van der Waals surface area (Å²) in [6.45, 7) is 2.52. The molecule has 3 heterocycles. The molecule has 5 heteroatoms. The Bertz CT molecular complexity index is 656. The fraction of sp³-hybridized carbons (Fsp3) is 0.412. The van der Waals surface area contributed by atoms with Crippen LogP contribution in [-0.4, -0.2) is 36.7 Å². The number of esters is 1. The molecular weight excluding hydrogens is 282 g/mol. The Labute approximate surface area is 128 Å². The first-order valence-corrected chi connectivity index (χ1v) is 7.56. The lowest BCUT2D eigenvalue weighted by atomic mass is 9.77. The third kappa shape index (κ3) is 1.69. The van der Waals surface area contributed by atoms with Crippen molar-refractivity contribution in [1.29, 1.82) is 0 Å². The van der Waals surface area contributed by atoms with E-state index >= 15 is 0 Å². The molecule has 0 unspecified atom stereocenters. The lowest BCUT2D eigenvalue weighted by molar-refractivity contribution is -0.151. The van der Waals surface area contributed by atoms with Gasteiger partial charge in [-0.2, -0.15) is 0 Å². The molecule has 0 aromatic heterocycles. The molecule has 1 spiro atoms. The number of hydrogen-bond acceptors (Lipinski definition) is 4. The molecule has 114 valence electrons. The average Bonchev–Trinajstić information content (AvgIpc) is 3.17. The Balaban J connectivity index is 1.69. The zero-order valence-corrected chi connectivity index (χ0v) is 12.3. The molecule has 5 nitrogen and oxygen atoms in total. The number of hydrogen-bond donors (Lipinski definition) is 0. The van der Waals surface area contributed by atoms with E-state index in [2.05, 4.69) is 0 Å². The van der Waals surface area contributed by atoms with Gasteiger partial charge < -0.3 is 14.4 Å². The minimum atomic E-state index is -0.685. The second kappa shape index (κ2) is 4.68. The van der Waals surface area contributed by atoms with Gasteiger partial charge in [-0.15, -0.1) is 0 Å². The third-order valence-electron chi connectivity index (χ3n) is 4.73. The third-order valence-corrected chi connectivity index (χ3v) is 4.73. The van der Waals surface area contributed by atoms with E-state index in [9.17, 15) is 9.59 Å². The van der Waals surface area contributed by atoms with Crippen LogP contribution in [0.1, 0.15) is 6.92 Å². The van der Waals surface area contributed by atoms with E-state index in [0.717, 1.165) is 5.69 Å². The zero-order chi connectivity index (χ0) is 15.3. The summed E-state index contributed by atoms with van der Waals surface area (Å²) >= 11 is 0. The molecule has 4 rings (SSSR count). The Hall–Kier alpha value is -2.14. The van der Waals surface area contributed by atoms with Crippen LogP contribution in [0.3, 0.4) is 0 Å². The van der Waals surface area contributed by atoms with Gasteiger partial charge in [0, 0.05) is 5.69 Å². The molecule has 0 radical (unpaired) electrons. The van der Waals surface area contributed by atoms with Crippen LogP contribution in [0, 0.1) is 11.8 Å². The summed E-state index contributed by atoms with van der Waals surface area (Å²) in [5.41, 5.74) is 0.147. The smallest absolute Gasteiger partial charge is 0.312 e. The minimum absolute atomic E-state index is 0.0592. The highest BCUT2D eigenvalue weighted by atomic mass is 16.6. The Kier molecular flexibility index (Phi) is 2.87. The standard InChI is InChI=1S/C17H17NO4/c1-2-21-16(20)13-12-8-9-17(22-12)10-18(15(19)14(13)17)11-6-4-3-5-7-11/h3-9,12-14H,2,10H2,1H3/t12-,13-,14-,17-/m0/s1. The van der Waals surface area contributed by atoms with E-state index in [1.165, 1.54) is 0 Å². The monoisotopic (exact) mass is 299 g/mol. The molecule has 2 fully saturated rings. The van der Waals surface area contributed by atoms with Gasteiger partial charge in [-0.3, -0.25) is 9.59 Å². The second-order valence-electron chi connectivity index (χ2n) is 5.91. The number of carbonyl (C=O) groups is 2. The van der Waals surface area contributed by atoms with Gasteiger partial charge in [0.15, 0.2) is 0 Å². The number of fused-ring (bicyclic) bond motifs is 1. The molecule has 22 heavy (non-hydrogen) atoms. The van der Waals surface area contributed by atoms with E-state index in [-0.39, 0.29) is 18.0 Å². The summed E-state index contributed by atoms with van der Waals surface area (Å²) in [4.78, 5) is 26.9. The highest BCUT2D eigenvalue weighted by Crippen LogP contribution is 2.52. The Morgan fingerprint density at radius 2 is 2.18 bits per heavy atom. The maximum absolute atomic E-state index is 12.9. The zero-order valence-electron chi connectivity index (χ0n) is 12.3. The van der Waals surface area contributed by atoms with Crippen molar-refractivity contribution in [2.24, 2.45) is 11.8 Å². The van der Waals surface area contributed by atoms with Gasteiger partial charge in [-0.25, -0.2) is 0 Å². The first-order valence-electron chi connectivity index (χ1n) is 7.56. The van der Waals surface area contributed by atoms with Crippen molar-refractivity contribution in [2.75, 3.05) is 18.1 Å². The molecule has 3 aliphatic rings. The highest BCUT2D eigenvalue weighted by molar-refractivity contribution is 6.02. The van der Waals surface area contributed by atoms with Crippen LogP contribution in [0.15, 0.2) is 42.5 Å². The molecular formula is C17H17NO4. The molecule has 0 N–H and O–H groups in total. The van der Waals surface area contributed by atoms with Crippen LogP contribution in [0.5, 0.6) is 0 Å². The van der Waals surface area contributed by atoms with Gasteiger partial charge in [0.1, 0.15) is 11.5 Å². The molecule has 2 saturated heterocycles. The lowest BCUT2D eigenvalue weighted by Gasteiger charge is -2.22. The summed E-state index contributed by atoms with van der Waals surface area (Å²) in [5.74, 6) is -1.42. The number of ether oxygens (including phenoxy) is 2. The number of nitrogens with zero attached hydrogens (tertiary/aromatic N) is 1. The van der Waals surface area contributed by atoms with Gasteiger partial charge in [-0.1, -0.05) is 30.4 Å². The first kappa shape index (κ1) is 13.5. The highest BCUT2D eigenvalue weighted by Gasteiger charge is 2.67. The number of para-hydroxylation sites is 1. The Morgan fingerprint density at radius 3 is 2.91 bits per heavy atom. The molecule has 1 amide bonds. The Morgan fingerprint density at radius 1 is 1.41 bits per heavy atom. The average molecular weight is 299 g/mol. The maximum atomic E-state index is 12.9. The van der Waals surface area contributed by atoms with Crippen LogP contribution in [0.25, 0.3) is 0 Å². The first-order chi connectivity index (χ1) is 10.7. The second-order valence-corrected chi connectivity index (χ2v) is 5.91. The number of amides is 1. The fourth-order valence-electron chi connectivity index (χ4n) is 3.83. The summed E-state index contributed by atoms with van der Waals surface area (Å²) in [5, 5.41) is 0. The van der Waals surface area contributed by atoms with Gasteiger partial charge >= 0.3 is 5.97 Å².